The highest BCUT2D eigenvalue weighted by atomic mass is 16.5. The number of hydrogen-bond donors (Lipinski definition) is 1. The van der Waals surface area contributed by atoms with Gasteiger partial charge in [0.05, 0.1) is 14.1 Å². The third-order valence-corrected chi connectivity index (χ3v) is 4.13. The molecule has 0 radical (unpaired) electrons. The quantitative estimate of drug-likeness (QED) is 0.428. The van der Waals surface area contributed by atoms with Gasteiger partial charge in [0.25, 0.3) is 0 Å². The lowest BCUT2D eigenvalue weighted by Crippen LogP contribution is -2.32. The number of ether oxygens (including phenoxy) is 1. The van der Waals surface area contributed by atoms with Crippen LogP contribution in [0.2, 0.25) is 0 Å². The Labute approximate surface area is 156 Å². The van der Waals surface area contributed by atoms with Crippen molar-refractivity contribution in [2.24, 2.45) is 0 Å². The molecular weight excluding hydrogens is 348 g/mol. The van der Waals surface area contributed by atoms with Crippen LogP contribution in [0.5, 0.6) is 0 Å². The topological polar surface area (TPSA) is 91.6 Å². The van der Waals surface area contributed by atoms with Crippen molar-refractivity contribution in [1.82, 2.24) is 4.65 Å². The molecule has 27 heavy (non-hydrogen) atoms. The first-order chi connectivity index (χ1) is 12.7. The molecule has 0 aliphatic rings. The molecule has 3 aromatic rings. The minimum absolute atomic E-state index is 0.0696. The van der Waals surface area contributed by atoms with Crippen LogP contribution in [0.25, 0.3) is 11.0 Å². The van der Waals surface area contributed by atoms with Gasteiger partial charge < -0.3 is 19.0 Å². The molecule has 1 N–H and O–H groups in total. The number of aryl methyl sites for hydroxylation is 1. The molecule has 0 saturated carbocycles. The summed E-state index contributed by atoms with van der Waals surface area (Å²) < 4.78 is 9.82. The van der Waals surface area contributed by atoms with Crippen LogP contribution < -0.4 is 15.6 Å². The van der Waals surface area contributed by atoms with Crippen LogP contribution in [0.1, 0.15) is 11.1 Å². The molecular formula is C20H20N2O5. The van der Waals surface area contributed by atoms with Crippen LogP contribution in [0, 0.1) is 12.1 Å². The number of rotatable bonds is 4. The number of nitrogens with one attached hydrogen (secondary N) is 1. The molecule has 0 saturated heterocycles. The Morgan fingerprint density at radius 3 is 2.52 bits per heavy atom. The van der Waals surface area contributed by atoms with Gasteiger partial charge in [-0.3, -0.25) is 5.32 Å². The molecule has 0 aliphatic carbocycles. The van der Waals surface area contributed by atoms with Gasteiger partial charge in [0.2, 0.25) is 0 Å². The third-order valence-electron chi connectivity index (χ3n) is 4.13. The molecule has 0 fully saturated rings. The second kappa shape index (κ2) is 7.22. The highest BCUT2D eigenvalue weighted by molar-refractivity contribution is 5.89. The van der Waals surface area contributed by atoms with E-state index in [1.54, 1.807) is 42.5 Å². The smallest absolute Gasteiger partial charge is 0.411 e. The van der Waals surface area contributed by atoms with Crippen molar-refractivity contribution in [3.63, 3.8) is 0 Å². The highest BCUT2D eigenvalue weighted by Crippen LogP contribution is 2.21. The normalized spacial score (nSPS) is 11.4. The Balaban J connectivity index is 1.64. The van der Waals surface area contributed by atoms with Crippen molar-refractivity contribution < 1.29 is 13.9 Å². The molecule has 0 atom stereocenters. The van der Waals surface area contributed by atoms with E-state index in [-0.39, 0.29) is 6.61 Å². The van der Waals surface area contributed by atoms with Gasteiger partial charge in [-0.05, 0) is 54.4 Å². The number of nitrogens with zero attached hydrogens (tertiary/aromatic N) is 1. The van der Waals surface area contributed by atoms with E-state index in [9.17, 15) is 14.8 Å². The molecule has 0 unspecified atom stereocenters. The summed E-state index contributed by atoms with van der Waals surface area (Å²) in [5, 5.41) is 15.2. The van der Waals surface area contributed by atoms with Crippen LogP contribution in [-0.4, -0.2) is 20.2 Å². The van der Waals surface area contributed by atoms with Gasteiger partial charge in [-0.1, -0.05) is 0 Å². The van der Waals surface area contributed by atoms with E-state index in [0.717, 1.165) is 16.5 Å². The SMILES string of the molecule is Cc1cc(=O)oc2cc(NC(=O)OCc3ccc([N+](C)(C)[O-])cc3)ccc12. The Morgan fingerprint density at radius 2 is 1.85 bits per heavy atom. The molecule has 140 valence electrons. The maximum atomic E-state index is 12.0. The van der Waals surface area contributed by atoms with Crippen LogP contribution in [-0.2, 0) is 11.3 Å². The lowest BCUT2D eigenvalue weighted by Gasteiger charge is -2.33. The Morgan fingerprint density at radius 1 is 1.15 bits per heavy atom. The van der Waals surface area contributed by atoms with Gasteiger partial charge in [-0.15, -0.1) is 0 Å². The zero-order chi connectivity index (χ0) is 19.6. The van der Waals surface area contributed by atoms with Crippen LogP contribution in [0.15, 0.2) is 57.7 Å². The van der Waals surface area contributed by atoms with Crippen LogP contribution in [0.3, 0.4) is 0 Å². The minimum Gasteiger partial charge on any atom is -0.628 e. The molecule has 0 spiro atoms. The summed E-state index contributed by atoms with van der Waals surface area (Å²) in [5.74, 6) is 0. The second-order valence-electron chi connectivity index (χ2n) is 6.68. The molecule has 1 amide bonds. The van der Waals surface area contributed by atoms with E-state index >= 15 is 0 Å². The summed E-state index contributed by atoms with van der Waals surface area (Å²) in [5.41, 5.74) is 2.59. The lowest BCUT2D eigenvalue weighted by atomic mass is 10.1. The molecule has 1 aromatic heterocycles. The average molecular weight is 368 g/mol. The maximum absolute atomic E-state index is 12.0. The van der Waals surface area contributed by atoms with E-state index in [4.69, 9.17) is 9.15 Å². The van der Waals surface area contributed by atoms with E-state index in [2.05, 4.69) is 5.32 Å². The summed E-state index contributed by atoms with van der Waals surface area (Å²) in [6, 6.07) is 13.4. The number of carbonyl (C=O) groups excluding carboxylic acids is 1. The van der Waals surface area contributed by atoms with Crippen molar-refractivity contribution >= 4 is 28.4 Å². The zero-order valence-corrected chi connectivity index (χ0v) is 15.3. The summed E-state index contributed by atoms with van der Waals surface area (Å²) in [7, 11) is 3.07. The van der Waals surface area contributed by atoms with Crippen molar-refractivity contribution in [1.29, 1.82) is 0 Å². The number of anilines is 1. The Hall–Kier alpha value is -3.16. The number of amides is 1. The first-order valence-corrected chi connectivity index (χ1v) is 8.35. The van der Waals surface area contributed by atoms with Crippen molar-refractivity contribution in [3.05, 3.63) is 75.3 Å². The summed E-state index contributed by atoms with van der Waals surface area (Å²) in [6.07, 6.45) is -0.631. The van der Waals surface area contributed by atoms with Crippen LogP contribution >= 0.6 is 0 Å². The second-order valence-corrected chi connectivity index (χ2v) is 6.68. The van der Waals surface area contributed by atoms with Gasteiger partial charge >= 0.3 is 11.7 Å². The van der Waals surface area contributed by atoms with Gasteiger partial charge in [-0.25, -0.2) is 9.59 Å². The van der Waals surface area contributed by atoms with E-state index in [1.165, 1.54) is 20.2 Å². The van der Waals surface area contributed by atoms with E-state index < -0.39 is 16.4 Å². The molecule has 1 heterocycles. The minimum atomic E-state index is -0.631. The summed E-state index contributed by atoms with van der Waals surface area (Å²) >= 11 is 0. The average Bonchev–Trinajstić information content (AvgIpc) is 2.59. The van der Waals surface area contributed by atoms with Crippen LogP contribution in [0.4, 0.5) is 16.2 Å². The molecule has 0 bridgehead atoms. The predicted octanol–water partition coefficient (Wildman–Crippen LogP) is 3.91. The highest BCUT2D eigenvalue weighted by Gasteiger charge is 2.09. The Kier molecular flexibility index (Phi) is 4.98. The molecule has 7 heteroatoms. The molecule has 2 aromatic carbocycles. The zero-order valence-electron chi connectivity index (χ0n) is 15.3. The summed E-state index contributed by atoms with van der Waals surface area (Å²) in [6.45, 7) is 1.89. The van der Waals surface area contributed by atoms with Gasteiger partial charge in [-0.2, -0.15) is 0 Å². The van der Waals surface area contributed by atoms with E-state index in [1.807, 2.05) is 6.92 Å². The monoisotopic (exact) mass is 368 g/mol. The van der Waals surface area contributed by atoms with Gasteiger partial charge in [0.1, 0.15) is 17.9 Å². The van der Waals surface area contributed by atoms with Crippen molar-refractivity contribution in [3.8, 4) is 0 Å². The largest absolute Gasteiger partial charge is 0.628 e. The number of fused-ring (bicyclic) bond motifs is 1. The summed E-state index contributed by atoms with van der Waals surface area (Å²) in [4.78, 5) is 23.5. The van der Waals surface area contributed by atoms with E-state index in [0.29, 0.717) is 17.0 Å². The number of benzene rings is 2. The first kappa shape index (κ1) is 18.6. The van der Waals surface area contributed by atoms with Crippen molar-refractivity contribution in [2.45, 2.75) is 13.5 Å². The Bertz CT molecular complexity index is 1030. The predicted molar refractivity (Wildman–Crippen MR) is 104 cm³/mol. The van der Waals surface area contributed by atoms with Gasteiger partial charge in [0, 0.05) is 23.2 Å². The standard InChI is InChI=1S/C20H20N2O5/c1-13-10-19(23)27-18-11-15(6-9-17(13)18)21-20(24)26-12-14-4-7-16(8-5-14)22(2,3)25/h4-11H,12H2,1-3H3,(H,21,24). The third kappa shape index (κ3) is 4.52. The number of quaternary nitrogens is 1. The van der Waals surface area contributed by atoms with Crippen molar-refractivity contribution in [2.75, 3.05) is 19.4 Å². The first-order valence-electron chi connectivity index (χ1n) is 8.35. The number of carbonyl (C=O) groups is 1. The maximum Gasteiger partial charge on any atom is 0.411 e. The molecule has 7 nitrogen and oxygen atoms in total. The fourth-order valence-electron chi connectivity index (χ4n) is 2.66. The fourth-order valence-corrected chi connectivity index (χ4v) is 2.66. The number of hydroxylamine groups is 2. The fraction of sp³-hybridized carbons (Fsp3) is 0.200. The number of hydrogen-bond acceptors (Lipinski definition) is 5. The molecule has 0 aliphatic heterocycles. The molecule has 3 rings (SSSR count). The lowest BCUT2D eigenvalue weighted by molar-refractivity contribution is 0.155. The van der Waals surface area contributed by atoms with Gasteiger partial charge in [0.15, 0.2) is 0 Å².